The number of benzene rings is 3. The molecule has 0 saturated heterocycles. The van der Waals surface area contributed by atoms with Crippen molar-refractivity contribution in [1.29, 1.82) is 0 Å². The Kier molecular flexibility index (Phi) is 5.76. The number of ether oxygens (including phenoxy) is 1. The summed E-state index contributed by atoms with van der Waals surface area (Å²) in [6.07, 6.45) is 0.443. The largest absolute Gasteiger partial charge is 0.493 e. The zero-order valence-corrected chi connectivity index (χ0v) is 18.0. The van der Waals surface area contributed by atoms with E-state index in [1.807, 2.05) is 69.3 Å². The van der Waals surface area contributed by atoms with Gasteiger partial charge in [0.2, 0.25) is 0 Å². The first-order valence-electron chi connectivity index (χ1n) is 10.5. The highest BCUT2D eigenvalue weighted by Gasteiger charge is 2.16. The lowest BCUT2D eigenvalue weighted by Gasteiger charge is -2.14. The normalized spacial score (nSPS) is 11.1. The van der Waals surface area contributed by atoms with E-state index in [-0.39, 0.29) is 11.5 Å². The Morgan fingerprint density at radius 1 is 1.03 bits per heavy atom. The molecule has 0 spiro atoms. The van der Waals surface area contributed by atoms with Crippen molar-refractivity contribution in [2.45, 2.75) is 27.2 Å². The van der Waals surface area contributed by atoms with Crippen LogP contribution in [0, 0.1) is 13.8 Å². The molecule has 3 aromatic carbocycles. The third-order valence-corrected chi connectivity index (χ3v) is 5.73. The number of nitrogens with one attached hydrogen (secondary N) is 2. The van der Waals surface area contributed by atoms with Gasteiger partial charge in [-0.1, -0.05) is 42.5 Å². The Bertz CT molecular complexity index is 1340. The van der Waals surface area contributed by atoms with Gasteiger partial charge >= 0.3 is 0 Å². The fourth-order valence-corrected chi connectivity index (χ4v) is 3.92. The number of hydrogen-bond donors (Lipinski definition) is 2. The van der Waals surface area contributed by atoms with Crippen molar-refractivity contribution in [2.24, 2.45) is 0 Å². The molecule has 0 radical (unpaired) electrons. The molecule has 5 nitrogen and oxygen atoms in total. The van der Waals surface area contributed by atoms with Crippen molar-refractivity contribution in [3.8, 4) is 5.75 Å². The van der Waals surface area contributed by atoms with Crippen molar-refractivity contribution in [2.75, 3.05) is 13.2 Å². The second kappa shape index (κ2) is 8.64. The molecule has 1 heterocycles. The smallest absolute Gasteiger partial charge is 0.255 e. The maximum atomic E-state index is 13.0. The van der Waals surface area contributed by atoms with E-state index in [1.54, 1.807) is 0 Å². The fourth-order valence-electron chi connectivity index (χ4n) is 3.92. The average Bonchev–Trinajstić information content (AvgIpc) is 2.77. The molecule has 0 fully saturated rings. The monoisotopic (exact) mass is 414 g/mol. The Labute approximate surface area is 181 Å². The predicted molar refractivity (Wildman–Crippen MR) is 125 cm³/mol. The molecule has 0 aliphatic heterocycles. The van der Waals surface area contributed by atoms with Gasteiger partial charge in [-0.15, -0.1) is 0 Å². The molecule has 4 aromatic rings. The summed E-state index contributed by atoms with van der Waals surface area (Å²) in [7, 11) is 0. The van der Waals surface area contributed by atoms with Gasteiger partial charge in [-0.05, 0) is 66.6 Å². The zero-order chi connectivity index (χ0) is 22.0. The van der Waals surface area contributed by atoms with Crippen LogP contribution in [0.1, 0.15) is 34.0 Å². The molecule has 31 heavy (non-hydrogen) atoms. The van der Waals surface area contributed by atoms with Crippen LogP contribution in [0.25, 0.3) is 21.7 Å². The van der Waals surface area contributed by atoms with E-state index in [4.69, 9.17) is 4.74 Å². The highest BCUT2D eigenvalue weighted by Crippen LogP contribution is 2.28. The van der Waals surface area contributed by atoms with Gasteiger partial charge in [0.05, 0.1) is 17.7 Å². The molecule has 0 atom stereocenters. The number of H-pyrrole nitrogens is 1. The molecule has 1 amide bonds. The SMILES string of the molecule is CCOc1ccc2ccccc2c1C(=O)NCCc1cc2ccc(C)c(C)c2[nH]c1=O. The standard InChI is InChI=1S/C26H26N2O3/c1-4-31-22-12-11-18-7-5-6-8-21(18)23(22)26(30)27-14-13-20-15-19-10-9-16(2)17(3)24(19)28-25(20)29/h5-12,15H,4,13-14H2,1-3H3,(H,27,30)(H,28,29). The summed E-state index contributed by atoms with van der Waals surface area (Å²) in [6.45, 7) is 6.76. The van der Waals surface area contributed by atoms with Crippen LogP contribution in [0.3, 0.4) is 0 Å². The van der Waals surface area contributed by atoms with Crippen molar-refractivity contribution >= 4 is 27.6 Å². The summed E-state index contributed by atoms with van der Waals surface area (Å²) in [5.41, 5.74) is 4.15. The first-order valence-corrected chi connectivity index (χ1v) is 10.5. The molecule has 0 bridgehead atoms. The fraction of sp³-hybridized carbons (Fsp3) is 0.231. The third-order valence-electron chi connectivity index (χ3n) is 5.73. The molecule has 2 N–H and O–H groups in total. The van der Waals surface area contributed by atoms with Crippen molar-refractivity contribution < 1.29 is 9.53 Å². The van der Waals surface area contributed by atoms with Crippen LogP contribution in [-0.4, -0.2) is 24.0 Å². The number of pyridine rings is 1. The second-order valence-corrected chi connectivity index (χ2v) is 7.69. The van der Waals surface area contributed by atoms with Crippen LogP contribution < -0.4 is 15.6 Å². The van der Waals surface area contributed by atoms with Crippen molar-refractivity contribution in [3.05, 3.63) is 87.2 Å². The molecule has 5 heteroatoms. The van der Waals surface area contributed by atoms with Crippen LogP contribution in [0.15, 0.2) is 59.4 Å². The summed E-state index contributed by atoms with van der Waals surface area (Å²) in [4.78, 5) is 28.6. The van der Waals surface area contributed by atoms with Gasteiger partial charge in [0.25, 0.3) is 11.5 Å². The minimum Gasteiger partial charge on any atom is -0.493 e. The Hall–Kier alpha value is -3.60. The van der Waals surface area contributed by atoms with Crippen LogP contribution >= 0.6 is 0 Å². The maximum Gasteiger partial charge on any atom is 0.255 e. The summed E-state index contributed by atoms with van der Waals surface area (Å²) in [5, 5.41) is 5.79. The number of rotatable bonds is 6. The van der Waals surface area contributed by atoms with E-state index in [1.165, 1.54) is 0 Å². The van der Waals surface area contributed by atoms with E-state index in [0.29, 0.717) is 36.4 Å². The third kappa shape index (κ3) is 4.04. The zero-order valence-electron chi connectivity index (χ0n) is 18.0. The molecule has 4 rings (SSSR count). The number of aromatic amines is 1. The molecule has 0 saturated carbocycles. The number of carbonyl (C=O) groups is 1. The lowest BCUT2D eigenvalue weighted by atomic mass is 10.0. The predicted octanol–water partition coefficient (Wildman–Crippen LogP) is 4.67. The van der Waals surface area contributed by atoms with Gasteiger partial charge in [-0.2, -0.15) is 0 Å². The molecular weight excluding hydrogens is 388 g/mol. The topological polar surface area (TPSA) is 71.2 Å². The van der Waals surface area contributed by atoms with Crippen LogP contribution in [0.4, 0.5) is 0 Å². The van der Waals surface area contributed by atoms with E-state index in [0.717, 1.165) is 32.8 Å². The number of aromatic nitrogens is 1. The minimum atomic E-state index is -0.205. The summed E-state index contributed by atoms with van der Waals surface area (Å²) in [5.74, 6) is 0.358. The summed E-state index contributed by atoms with van der Waals surface area (Å²) >= 11 is 0. The molecule has 158 valence electrons. The van der Waals surface area contributed by atoms with E-state index in [2.05, 4.69) is 16.4 Å². The quantitative estimate of drug-likeness (QED) is 0.482. The van der Waals surface area contributed by atoms with Gasteiger partial charge in [0, 0.05) is 12.1 Å². The van der Waals surface area contributed by atoms with E-state index >= 15 is 0 Å². The van der Waals surface area contributed by atoms with Crippen LogP contribution in [0.5, 0.6) is 5.75 Å². The van der Waals surface area contributed by atoms with Crippen LogP contribution in [0.2, 0.25) is 0 Å². The average molecular weight is 415 g/mol. The van der Waals surface area contributed by atoms with E-state index in [9.17, 15) is 9.59 Å². The van der Waals surface area contributed by atoms with Gasteiger partial charge < -0.3 is 15.0 Å². The van der Waals surface area contributed by atoms with Gasteiger partial charge in [-0.25, -0.2) is 0 Å². The van der Waals surface area contributed by atoms with Gasteiger partial charge in [0.15, 0.2) is 0 Å². The molecule has 0 aliphatic rings. The van der Waals surface area contributed by atoms with Gasteiger partial charge in [-0.3, -0.25) is 9.59 Å². The number of hydrogen-bond acceptors (Lipinski definition) is 3. The lowest BCUT2D eigenvalue weighted by Crippen LogP contribution is -2.28. The minimum absolute atomic E-state index is 0.115. The molecular formula is C26H26N2O3. The second-order valence-electron chi connectivity index (χ2n) is 7.69. The van der Waals surface area contributed by atoms with Crippen LogP contribution in [-0.2, 0) is 6.42 Å². The van der Waals surface area contributed by atoms with E-state index < -0.39 is 0 Å². The van der Waals surface area contributed by atoms with Crippen molar-refractivity contribution in [3.63, 3.8) is 0 Å². The summed E-state index contributed by atoms with van der Waals surface area (Å²) < 4.78 is 5.70. The Morgan fingerprint density at radius 2 is 1.81 bits per heavy atom. The Balaban J connectivity index is 1.56. The molecule has 1 aromatic heterocycles. The first kappa shape index (κ1) is 20.7. The lowest BCUT2D eigenvalue weighted by molar-refractivity contribution is 0.0952. The molecule has 0 aliphatic carbocycles. The number of fused-ring (bicyclic) bond motifs is 2. The number of carbonyl (C=O) groups excluding carboxylic acids is 1. The van der Waals surface area contributed by atoms with Crippen molar-refractivity contribution in [1.82, 2.24) is 10.3 Å². The van der Waals surface area contributed by atoms with Gasteiger partial charge in [0.1, 0.15) is 5.75 Å². The molecule has 0 unspecified atom stereocenters. The Morgan fingerprint density at radius 3 is 2.61 bits per heavy atom. The number of amides is 1. The highest BCUT2D eigenvalue weighted by molar-refractivity contribution is 6.09. The maximum absolute atomic E-state index is 13.0. The highest BCUT2D eigenvalue weighted by atomic mass is 16.5. The number of aryl methyl sites for hydroxylation is 2. The first-order chi connectivity index (χ1) is 15.0. The summed E-state index contributed by atoms with van der Waals surface area (Å²) in [6, 6.07) is 17.5.